The summed E-state index contributed by atoms with van der Waals surface area (Å²) < 4.78 is 95.4. The number of methoxy groups -OCH3 is 1. The Kier molecular flexibility index (Phi) is 9.94. The first-order valence-electron chi connectivity index (χ1n) is 13.0. The molecule has 46 heavy (non-hydrogen) atoms. The van der Waals surface area contributed by atoms with E-state index in [0.29, 0.717) is 4.68 Å². The van der Waals surface area contributed by atoms with Crippen molar-refractivity contribution in [1.29, 1.82) is 0 Å². The van der Waals surface area contributed by atoms with Gasteiger partial charge in [0.2, 0.25) is 11.5 Å². The van der Waals surface area contributed by atoms with Crippen molar-refractivity contribution in [3.05, 3.63) is 69.2 Å². The van der Waals surface area contributed by atoms with Gasteiger partial charge >= 0.3 is 12.7 Å². The Labute approximate surface area is 266 Å². The number of amides is 2. The molecule has 0 fully saturated rings. The molecule has 0 saturated carbocycles. The lowest BCUT2D eigenvalue weighted by atomic mass is 9.93. The number of rotatable bonds is 11. The third-order valence-electron chi connectivity index (χ3n) is 6.63. The molecule has 0 unspecified atom stereocenters. The number of primary amides is 1. The number of aliphatic hydroxyl groups is 1. The van der Waals surface area contributed by atoms with Gasteiger partial charge in [0.1, 0.15) is 22.7 Å². The molecule has 2 aromatic heterocycles. The van der Waals surface area contributed by atoms with Gasteiger partial charge in [-0.05, 0) is 37.3 Å². The van der Waals surface area contributed by atoms with Gasteiger partial charge in [0.05, 0.1) is 42.4 Å². The third kappa shape index (κ3) is 6.78. The molecule has 2 heterocycles. The van der Waals surface area contributed by atoms with E-state index in [1.165, 1.54) is 14.0 Å². The number of halogens is 8. The van der Waals surface area contributed by atoms with Crippen molar-refractivity contribution in [2.24, 2.45) is 5.73 Å². The van der Waals surface area contributed by atoms with Gasteiger partial charge in [-0.15, -0.1) is 0 Å². The lowest BCUT2D eigenvalue weighted by Crippen LogP contribution is -2.51. The van der Waals surface area contributed by atoms with Crippen LogP contribution in [0.2, 0.25) is 10.0 Å². The Morgan fingerprint density at radius 3 is 2.33 bits per heavy atom. The number of nitrogens with one attached hydrogen (secondary N) is 1. The summed E-state index contributed by atoms with van der Waals surface area (Å²) in [6.45, 7) is -3.08. The molecule has 2 aromatic carbocycles. The van der Waals surface area contributed by atoms with Gasteiger partial charge in [-0.3, -0.25) is 9.59 Å². The predicted octanol–water partition coefficient (Wildman–Crippen LogP) is 5.55. The molecule has 18 heteroatoms. The number of alkyl halides is 5. The van der Waals surface area contributed by atoms with Crippen molar-refractivity contribution >= 4 is 45.9 Å². The van der Waals surface area contributed by atoms with E-state index >= 15 is 0 Å². The number of nitrogens with zero attached hydrogens (tertiary/aromatic N) is 3. The number of carbonyl (C=O) groups excluding carboxylic acids is 2. The van der Waals surface area contributed by atoms with Crippen molar-refractivity contribution in [2.45, 2.75) is 31.7 Å². The molecule has 0 spiro atoms. The molecule has 10 nitrogen and oxygen atoms in total. The Bertz CT molecular complexity index is 1800. The minimum atomic E-state index is -5.50. The standard InChI is InChI=1S/C28H23Cl2F6N5O5/c1-3-46-24-13(9-20(37)42)8-19(39-23(24)12-5-16(29)21(31)17(30)6-12)27(44,28(34,35)36)11-38-25(43)14-4-15-10-41(26(32)33)40-22(15)18(7-14)45-2/h4-8,10,26,44H,3,9,11H2,1-2H3,(H2,37,42)(H,38,43)/t27-/m0/s1. The van der Waals surface area contributed by atoms with Gasteiger partial charge in [-0.1, -0.05) is 23.2 Å². The number of hydrogen-bond donors (Lipinski definition) is 3. The third-order valence-corrected chi connectivity index (χ3v) is 7.18. The fraction of sp³-hybridized carbons (Fsp3) is 0.286. The van der Waals surface area contributed by atoms with Crippen LogP contribution in [0.4, 0.5) is 26.3 Å². The van der Waals surface area contributed by atoms with E-state index in [2.05, 4.69) is 10.1 Å². The van der Waals surface area contributed by atoms with Crippen molar-refractivity contribution in [3.8, 4) is 22.8 Å². The highest BCUT2D eigenvalue weighted by Crippen LogP contribution is 2.43. The molecule has 4 aromatic rings. The second kappa shape index (κ2) is 13.2. The monoisotopic (exact) mass is 693 g/mol. The Balaban J connectivity index is 1.83. The zero-order valence-electron chi connectivity index (χ0n) is 23.7. The number of carbonyl (C=O) groups is 2. The first-order valence-corrected chi connectivity index (χ1v) is 13.8. The highest BCUT2D eigenvalue weighted by atomic mass is 35.5. The molecule has 2 amide bonds. The fourth-order valence-electron chi connectivity index (χ4n) is 4.46. The number of ether oxygens (including phenoxy) is 2. The average molecular weight is 694 g/mol. The predicted molar refractivity (Wildman–Crippen MR) is 154 cm³/mol. The van der Waals surface area contributed by atoms with Gasteiger partial charge in [0.15, 0.2) is 5.82 Å². The summed E-state index contributed by atoms with van der Waals surface area (Å²) in [5, 5.41) is 15.8. The number of nitrogens with two attached hydrogens (primary N) is 1. The molecular weight excluding hydrogens is 671 g/mol. The topological polar surface area (TPSA) is 142 Å². The van der Waals surface area contributed by atoms with Crippen molar-refractivity contribution in [3.63, 3.8) is 0 Å². The SMILES string of the molecule is CCOc1c(CC(N)=O)cc([C@@](O)(CNC(=O)c2cc(OC)c3nn(C(F)F)cc3c2)C(F)(F)F)nc1-c1cc(Cl)c(F)c(Cl)c1. The Morgan fingerprint density at radius 1 is 1.13 bits per heavy atom. The number of hydrogen-bond acceptors (Lipinski definition) is 7. The van der Waals surface area contributed by atoms with Crippen LogP contribution in [0.5, 0.6) is 11.5 Å². The Morgan fingerprint density at radius 2 is 1.78 bits per heavy atom. The van der Waals surface area contributed by atoms with E-state index in [9.17, 15) is 41.0 Å². The van der Waals surface area contributed by atoms with E-state index in [1.54, 1.807) is 0 Å². The van der Waals surface area contributed by atoms with E-state index < -0.39 is 70.4 Å². The summed E-state index contributed by atoms with van der Waals surface area (Å²) in [5.74, 6) is -3.51. The first-order chi connectivity index (χ1) is 21.5. The van der Waals surface area contributed by atoms with Crippen molar-refractivity contribution < 1.29 is 50.5 Å². The molecule has 1 atom stereocenters. The molecule has 0 aliphatic heterocycles. The normalized spacial score (nSPS) is 13.1. The van der Waals surface area contributed by atoms with Crippen LogP contribution in [0.15, 0.2) is 36.5 Å². The molecule has 4 N–H and O–H groups in total. The second-order valence-corrected chi connectivity index (χ2v) is 10.5. The van der Waals surface area contributed by atoms with Crippen LogP contribution in [0.25, 0.3) is 22.2 Å². The van der Waals surface area contributed by atoms with Crippen LogP contribution in [-0.4, -0.2) is 58.1 Å². The lowest BCUT2D eigenvalue weighted by molar-refractivity contribution is -0.265. The van der Waals surface area contributed by atoms with Crippen molar-refractivity contribution in [2.75, 3.05) is 20.3 Å². The summed E-state index contributed by atoms with van der Waals surface area (Å²) in [7, 11) is 1.17. The highest BCUT2D eigenvalue weighted by molar-refractivity contribution is 6.35. The van der Waals surface area contributed by atoms with Gasteiger partial charge in [0, 0.05) is 28.3 Å². The molecule has 0 radical (unpaired) electrons. The quantitative estimate of drug-likeness (QED) is 0.138. The summed E-state index contributed by atoms with van der Waals surface area (Å²) in [6, 6.07) is 4.89. The second-order valence-electron chi connectivity index (χ2n) is 9.72. The van der Waals surface area contributed by atoms with E-state index in [0.717, 1.165) is 36.5 Å². The zero-order chi connectivity index (χ0) is 34.1. The molecular formula is C28H23Cl2F6N5O5. The highest BCUT2D eigenvalue weighted by Gasteiger charge is 2.56. The van der Waals surface area contributed by atoms with E-state index in [-0.39, 0.29) is 45.7 Å². The van der Waals surface area contributed by atoms with Gasteiger partial charge in [0.25, 0.3) is 5.91 Å². The van der Waals surface area contributed by atoms with E-state index in [4.69, 9.17) is 38.4 Å². The summed E-state index contributed by atoms with van der Waals surface area (Å²) >= 11 is 11.8. The maximum absolute atomic E-state index is 14.6. The van der Waals surface area contributed by atoms with Crippen molar-refractivity contribution in [1.82, 2.24) is 20.1 Å². The van der Waals surface area contributed by atoms with Crippen LogP contribution < -0.4 is 20.5 Å². The Hall–Kier alpha value is -4.28. The van der Waals surface area contributed by atoms with Crippen LogP contribution in [-0.2, 0) is 16.8 Å². The number of pyridine rings is 1. The largest absolute Gasteiger partial charge is 0.494 e. The maximum atomic E-state index is 14.6. The van der Waals surface area contributed by atoms with E-state index in [1.807, 2.05) is 5.32 Å². The number of aromatic nitrogens is 3. The summed E-state index contributed by atoms with van der Waals surface area (Å²) in [6.07, 6.45) is -5.27. The average Bonchev–Trinajstić information content (AvgIpc) is 3.42. The summed E-state index contributed by atoms with van der Waals surface area (Å²) in [4.78, 5) is 28.9. The molecule has 0 aliphatic rings. The van der Waals surface area contributed by atoms with Gasteiger partial charge in [-0.2, -0.15) is 27.1 Å². The fourth-order valence-corrected chi connectivity index (χ4v) is 4.95. The minimum Gasteiger partial charge on any atom is -0.494 e. The van der Waals surface area contributed by atoms with Crippen LogP contribution in [0, 0.1) is 5.82 Å². The maximum Gasteiger partial charge on any atom is 0.424 e. The zero-order valence-corrected chi connectivity index (χ0v) is 25.2. The smallest absolute Gasteiger partial charge is 0.424 e. The molecule has 0 bridgehead atoms. The number of benzene rings is 2. The molecule has 4 rings (SSSR count). The van der Waals surface area contributed by atoms with Gasteiger partial charge in [-0.25, -0.2) is 14.1 Å². The lowest BCUT2D eigenvalue weighted by Gasteiger charge is -2.31. The molecule has 246 valence electrons. The minimum absolute atomic E-state index is 0.0152. The van der Waals surface area contributed by atoms with Crippen LogP contribution in [0.3, 0.4) is 0 Å². The number of fused-ring (bicyclic) bond motifs is 1. The summed E-state index contributed by atoms with van der Waals surface area (Å²) in [5.41, 5.74) is -0.797. The van der Waals surface area contributed by atoms with Crippen LogP contribution in [0.1, 0.15) is 35.1 Å². The van der Waals surface area contributed by atoms with Gasteiger partial charge < -0.3 is 25.6 Å². The molecule has 0 saturated heterocycles. The first kappa shape index (κ1) is 34.6. The molecule has 0 aliphatic carbocycles. The van der Waals surface area contributed by atoms with Crippen LogP contribution >= 0.6 is 23.2 Å².